The maximum Gasteiger partial charge on any atom is 0.0917 e. The van der Waals surface area contributed by atoms with Gasteiger partial charge >= 0.3 is 0 Å². The van der Waals surface area contributed by atoms with Gasteiger partial charge in [-0.3, -0.25) is 4.98 Å². The zero-order chi connectivity index (χ0) is 12.8. The van der Waals surface area contributed by atoms with Crippen LogP contribution >= 0.6 is 0 Å². The van der Waals surface area contributed by atoms with Crippen LogP contribution in [-0.2, 0) is 0 Å². The van der Waals surface area contributed by atoms with Crippen LogP contribution in [0.25, 0.3) is 11.3 Å². The van der Waals surface area contributed by atoms with Gasteiger partial charge in [0.05, 0.1) is 22.8 Å². The minimum absolute atomic E-state index is 0.985. The van der Waals surface area contributed by atoms with E-state index in [1.807, 2.05) is 52.8 Å². The molecule has 2 nitrogen and oxygen atoms in total. The third-order valence-corrected chi connectivity index (χ3v) is 2.53. The molecule has 0 aliphatic carbocycles. The highest BCUT2D eigenvalue weighted by Crippen LogP contribution is 2.20. The van der Waals surface area contributed by atoms with E-state index in [0.29, 0.717) is 0 Å². The lowest BCUT2D eigenvalue weighted by Gasteiger charge is -2.07. The number of rotatable bonds is 1. The number of benzene rings is 1. The quantitative estimate of drug-likeness (QED) is 0.734. The van der Waals surface area contributed by atoms with Crippen molar-refractivity contribution in [3.05, 3.63) is 47.4 Å². The first-order chi connectivity index (χ1) is 8.18. The minimum Gasteiger partial charge on any atom is -0.254 e. The summed E-state index contributed by atoms with van der Waals surface area (Å²) in [6.07, 6.45) is 0. The molecule has 1 aromatic heterocycles. The Hall–Kier alpha value is -1.70. The van der Waals surface area contributed by atoms with Gasteiger partial charge < -0.3 is 0 Å². The van der Waals surface area contributed by atoms with E-state index in [2.05, 4.69) is 22.1 Å². The maximum absolute atomic E-state index is 4.58. The zero-order valence-corrected chi connectivity index (χ0v) is 11.3. The third-order valence-electron chi connectivity index (χ3n) is 2.53. The molecular formula is C15H20N2. The Morgan fingerprint density at radius 3 is 1.82 bits per heavy atom. The highest BCUT2D eigenvalue weighted by Gasteiger charge is 2.06. The largest absolute Gasteiger partial charge is 0.254 e. The second-order valence-corrected chi connectivity index (χ2v) is 3.69. The summed E-state index contributed by atoms with van der Waals surface area (Å²) in [5, 5.41) is 0. The summed E-state index contributed by atoms with van der Waals surface area (Å²) in [5.41, 5.74) is 5.11. The molecule has 0 spiro atoms. The van der Waals surface area contributed by atoms with E-state index in [1.165, 1.54) is 0 Å². The highest BCUT2D eigenvalue weighted by atomic mass is 14.8. The first-order valence-electron chi connectivity index (χ1n) is 6.06. The first-order valence-corrected chi connectivity index (χ1v) is 6.06. The van der Waals surface area contributed by atoms with E-state index in [1.54, 1.807) is 0 Å². The van der Waals surface area contributed by atoms with E-state index in [9.17, 15) is 0 Å². The average molecular weight is 228 g/mol. The highest BCUT2D eigenvalue weighted by molar-refractivity contribution is 5.61. The fraction of sp³-hybridized carbons (Fsp3) is 0.333. The fourth-order valence-corrected chi connectivity index (χ4v) is 1.58. The van der Waals surface area contributed by atoms with E-state index in [4.69, 9.17) is 0 Å². The molecule has 0 N–H and O–H groups in total. The molecule has 17 heavy (non-hydrogen) atoms. The number of aromatic nitrogens is 2. The minimum atomic E-state index is 0.985. The average Bonchev–Trinajstić information content (AvgIpc) is 2.37. The SMILES string of the molecule is CC.Cc1nc(C)c(-c2ccccc2)nc1C. The van der Waals surface area contributed by atoms with Crippen LogP contribution in [0.2, 0.25) is 0 Å². The van der Waals surface area contributed by atoms with Crippen LogP contribution < -0.4 is 0 Å². The van der Waals surface area contributed by atoms with Crippen LogP contribution in [0.15, 0.2) is 30.3 Å². The van der Waals surface area contributed by atoms with Gasteiger partial charge in [-0.15, -0.1) is 0 Å². The molecule has 90 valence electrons. The van der Waals surface area contributed by atoms with Gasteiger partial charge in [0.2, 0.25) is 0 Å². The Bertz CT molecular complexity index is 476. The first kappa shape index (κ1) is 13.4. The molecule has 0 saturated heterocycles. The van der Waals surface area contributed by atoms with Crippen LogP contribution in [0.1, 0.15) is 30.9 Å². The molecular weight excluding hydrogens is 208 g/mol. The Morgan fingerprint density at radius 1 is 0.706 bits per heavy atom. The second kappa shape index (κ2) is 6.14. The summed E-state index contributed by atoms with van der Waals surface area (Å²) < 4.78 is 0. The van der Waals surface area contributed by atoms with E-state index in [0.717, 1.165) is 28.3 Å². The summed E-state index contributed by atoms with van der Waals surface area (Å²) in [4.78, 5) is 9.07. The molecule has 0 amide bonds. The molecule has 2 aromatic rings. The standard InChI is InChI=1S/C13H14N2.C2H6/c1-9-10(2)15-13(11(3)14-9)12-7-5-4-6-8-12;1-2/h4-8H,1-3H3;1-2H3. The predicted octanol–water partition coefficient (Wildman–Crippen LogP) is 4.10. The molecule has 0 radical (unpaired) electrons. The van der Waals surface area contributed by atoms with Gasteiger partial charge in [-0.1, -0.05) is 44.2 Å². The molecule has 0 unspecified atom stereocenters. The van der Waals surface area contributed by atoms with Gasteiger partial charge in [-0.2, -0.15) is 0 Å². The summed E-state index contributed by atoms with van der Waals surface area (Å²) in [6, 6.07) is 10.2. The Morgan fingerprint density at radius 2 is 1.24 bits per heavy atom. The molecule has 1 aromatic carbocycles. The van der Waals surface area contributed by atoms with E-state index < -0.39 is 0 Å². The van der Waals surface area contributed by atoms with Crippen LogP contribution in [-0.4, -0.2) is 9.97 Å². The number of hydrogen-bond donors (Lipinski definition) is 0. The van der Waals surface area contributed by atoms with Crippen molar-refractivity contribution in [1.82, 2.24) is 9.97 Å². The topological polar surface area (TPSA) is 25.8 Å². The molecule has 0 aliphatic heterocycles. The maximum atomic E-state index is 4.58. The molecule has 2 heteroatoms. The summed E-state index contributed by atoms with van der Waals surface area (Å²) in [5.74, 6) is 0. The Kier molecular flexibility index (Phi) is 4.83. The number of aryl methyl sites for hydroxylation is 3. The van der Waals surface area contributed by atoms with Crippen molar-refractivity contribution in [2.45, 2.75) is 34.6 Å². The van der Waals surface area contributed by atoms with E-state index in [-0.39, 0.29) is 0 Å². The van der Waals surface area contributed by atoms with Gasteiger partial charge in [0.25, 0.3) is 0 Å². The van der Waals surface area contributed by atoms with Crippen molar-refractivity contribution >= 4 is 0 Å². The molecule has 0 bridgehead atoms. The van der Waals surface area contributed by atoms with Crippen LogP contribution in [0.5, 0.6) is 0 Å². The lowest BCUT2D eigenvalue weighted by atomic mass is 10.1. The summed E-state index contributed by atoms with van der Waals surface area (Å²) in [7, 11) is 0. The lowest BCUT2D eigenvalue weighted by molar-refractivity contribution is 1.01. The Balaban J connectivity index is 0.000000686. The van der Waals surface area contributed by atoms with Crippen LogP contribution in [0.3, 0.4) is 0 Å². The van der Waals surface area contributed by atoms with Crippen molar-refractivity contribution in [3.8, 4) is 11.3 Å². The lowest BCUT2D eigenvalue weighted by Crippen LogP contribution is -1.98. The molecule has 0 saturated carbocycles. The van der Waals surface area contributed by atoms with Gasteiger partial charge in [0.1, 0.15) is 0 Å². The molecule has 0 fully saturated rings. The van der Waals surface area contributed by atoms with Crippen molar-refractivity contribution in [2.75, 3.05) is 0 Å². The van der Waals surface area contributed by atoms with E-state index >= 15 is 0 Å². The van der Waals surface area contributed by atoms with Gasteiger partial charge in [0, 0.05) is 5.56 Å². The van der Waals surface area contributed by atoms with Crippen molar-refractivity contribution in [1.29, 1.82) is 0 Å². The normalized spacial score (nSPS) is 9.47. The van der Waals surface area contributed by atoms with Crippen molar-refractivity contribution < 1.29 is 0 Å². The van der Waals surface area contributed by atoms with Crippen molar-refractivity contribution in [2.24, 2.45) is 0 Å². The fourth-order valence-electron chi connectivity index (χ4n) is 1.58. The molecule has 0 atom stereocenters. The second-order valence-electron chi connectivity index (χ2n) is 3.69. The van der Waals surface area contributed by atoms with Crippen LogP contribution in [0, 0.1) is 20.8 Å². The molecule has 1 heterocycles. The smallest absolute Gasteiger partial charge is 0.0917 e. The van der Waals surface area contributed by atoms with Crippen molar-refractivity contribution in [3.63, 3.8) is 0 Å². The number of nitrogens with zero attached hydrogens (tertiary/aromatic N) is 2. The van der Waals surface area contributed by atoms with Gasteiger partial charge in [-0.25, -0.2) is 4.98 Å². The Labute approximate surface area is 104 Å². The zero-order valence-electron chi connectivity index (χ0n) is 11.3. The monoisotopic (exact) mass is 228 g/mol. The van der Waals surface area contributed by atoms with Gasteiger partial charge in [0.15, 0.2) is 0 Å². The summed E-state index contributed by atoms with van der Waals surface area (Å²) >= 11 is 0. The summed E-state index contributed by atoms with van der Waals surface area (Å²) in [6.45, 7) is 9.99. The van der Waals surface area contributed by atoms with Gasteiger partial charge in [-0.05, 0) is 20.8 Å². The third kappa shape index (κ3) is 3.13. The van der Waals surface area contributed by atoms with Crippen LogP contribution in [0.4, 0.5) is 0 Å². The predicted molar refractivity (Wildman–Crippen MR) is 73.0 cm³/mol. The number of hydrogen-bond acceptors (Lipinski definition) is 2. The molecule has 0 aliphatic rings. The molecule has 2 rings (SSSR count).